The number of hydrogen-bond donors (Lipinski definition) is 1. The summed E-state index contributed by atoms with van der Waals surface area (Å²) in [5.41, 5.74) is 2.94. The van der Waals surface area contributed by atoms with Gasteiger partial charge in [0.05, 0.1) is 6.04 Å². The normalized spacial score (nSPS) is 16.7. The highest BCUT2D eigenvalue weighted by molar-refractivity contribution is 9.10. The molecule has 1 N–H and O–H groups in total. The fourth-order valence-electron chi connectivity index (χ4n) is 2.45. The van der Waals surface area contributed by atoms with Crippen LogP contribution in [0.1, 0.15) is 29.3 Å². The number of benzene rings is 1. The van der Waals surface area contributed by atoms with Gasteiger partial charge >= 0.3 is 0 Å². The molecule has 1 aliphatic carbocycles. The molecule has 0 bridgehead atoms. The zero-order valence-electron chi connectivity index (χ0n) is 10.1. The van der Waals surface area contributed by atoms with Crippen LogP contribution in [0.15, 0.2) is 35.1 Å². The van der Waals surface area contributed by atoms with E-state index in [1.165, 1.54) is 17.3 Å². The predicted molar refractivity (Wildman–Crippen MR) is 75.6 cm³/mol. The molecule has 3 rings (SSSR count). The van der Waals surface area contributed by atoms with Crippen LogP contribution in [0.3, 0.4) is 0 Å². The molecule has 4 nitrogen and oxygen atoms in total. The summed E-state index contributed by atoms with van der Waals surface area (Å²) >= 11 is 3.58. The van der Waals surface area contributed by atoms with Crippen LogP contribution in [0.2, 0.25) is 0 Å². The van der Waals surface area contributed by atoms with Gasteiger partial charge in [-0.2, -0.15) is 5.26 Å². The van der Waals surface area contributed by atoms with E-state index < -0.39 is 0 Å². The van der Waals surface area contributed by atoms with Gasteiger partial charge in [-0.05, 0) is 30.0 Å². The third-order valence-electron chi connectivity index (χ3n) is 3.33. The van der Waals surface area contributed by atoms with Crippen molar-refractivity contribution in [3.8, 4) is 6.07 Å². The summed E-state index contributed by atoms with van der Waals surface area (Å²) in [7, 11) is 0. The van der Waals surface area contributed by atoms with Crippen molar-refractivity contribution in [2.45, 2.75) is 18.9 Å². The molecule has 2 aromatic rings. The number of nitrogens with zero attached hydrogens (tertiary/aromatic N) is 3. The number of hydrogen-bond acceptors (Lipinski definition) is 4. The van der Waals surface area contributed by atoms with Crippen molar-refractivity contribution in [1.82, 2.24) is 9.97 Å². The standard InChI is InChI=1S/C14H11BrN4/c15-11-3-1-2-10-9(11)4-5-12(10)19-14-13(8-16)17-6-7-18-14/h1-3,6-7,12H,4-5H2,(H,18,19). The zero-order chi connectivity index (χ0) is 13.2. The topological polar surface area (TPSA) is 61.6 Å². The second kappa shape index (κ2) is 4.98. The molecule has 0 saturated carbocycles. The van der Waals surface area contributed by atoms with E-state index in [1.807, 2.05) is 6.07 Å². The number of nitrogens with one attached hydrogen (secondary N) is 1. The molecule has 19 heavy (non-hydrogen) atoms. The minimum atomic E-state index is 0.191. The van der Waals surface area contributed by atoms with Gasteiger partial charge in [0, 0.05) is 16.9 Å². The van der Waals surface area contributed by atoms with Crippen molar-refractivity contribution >= 4 is 21.7 Å². The van der Waals surface area contributed by atoms with Crippen LogP contribution in [0.25, 0.3) is 0 Å². The first-order valence-electron chi connectivity index (χ1n) is 6.04. The largest absolute Gasteiger partial charge is 0.361 e. The number of nitriles is 1. The van der Waals surface area contributed by atoms with Crippen molar-refractivity contribution in [2.24, 2.45) is 0 Å². The quantitative estimate of drug-likeness (QED) is 0.924. The maximum absolute atomic E-state index is 9.03. The van der Waals surface area contributed by atoms with Crippen LogP contribution < -0.4 is 5.32 Å². The Morgan fingerprint density at radius 1 is 1.32 bits per heavy atom. The number of rotatable bonds is 2. The average Bonchev–Trinajstić information content (AvgIpc) is 2.84. The number of anilines is 1. The van der Waals surface area contributed by atoms with Crippen LogP contribution in [0.4, 0.5) is 5.82 Å². The molecule has 0 radical (unpaired) electrons. The summed E-state index contributed by atoms with van der Waals surface area (Å²) in [6.07, 6.45) is 5.15. The molecule has 1 atom stereocenters. The Balaban J connectivity index is 1.92. The lowest BCUT2D eigenvalue weighted by molar-refractivity contribution is 0.755. The Hall–Kier alpha value is -1.93. The molecule has 0 fully saturated rings. The zero-order valence-corrected chi connectivity index (χ0v) is 11.7. The summed E-state index contributed by atoms with van der Waals surface area (Å²) in [6, 6.07) is 8.46. The van der Waals surface area contributed by atoms with E-state index >= 15 is 0 Å². The molecule has 94 valence electrons. The van der Waals surface area contributed by atoms with Gasteiger partial charge in [-0.15, -0.1) is 0 Å². The SMILES string of the molecule is N#Cc1nccnc1NC1CCc2c(Br)cccc21. The van der Waals surface area contributed by atoms with Crippen molar-refractivity contribution < 1.29 is 0 Å². The Labute approximate surface area is 119 Å². The lowest BCUT2D eigenvalue weighted by atomic mass is 10.1. The van der Waals surface area contributed by atoms with E-state index in [0.29, 0.717) is 11.5 Å². The lowest BCUT2D eigenvalue weighted by Gasteiger charge is -2.15. The van der Waals surface area contributed by atoms with E-state index in [9.17, 15) is 0 Å². The summed E-state index contributed by atoms with van der Waals surface area (Å²) in [4.78, 5) is 8.22. The first kappa shape index (κ1) is 12.1. The second-order valence-corrected chi connectivity index (χ2v) is 5.26. The molecular formula is C14H11BrN4. The Morgan fingerprint density at radius 2 is 2.16 bits per heavy atom. The predicted octanol–water partition coefficient (Wildman–Crippen LogP) is 3.21. The monoisotopic (exact) mass is 314 g/mol. The van der Waals surface area contributed by atoms with Gasteiger partial charge in [-0.3, -0.25) is 0 Å². The van der Waals surface area contributed by atoms with Gasteiger partial charge in [-0.1, -0.05) is 28.1 Å². The van der Waals surface area contributed by atoms with E-state index in [2.05, 4.69) is 49.4 Å². The second-order valence-electron chi connectivity index (χ2n) is 4.41. The Morgan fingerprint density at radius 3 is 3.00 bits per heavy atom. The van der Waals surface area contributed by atoms with Crippen molar-refractivity contribution in [2.75, 3.05) is 5.32 Å². The Bertz CT molecular complexity index is 663. The smallest absolute Gasteiger partial charge is 0.182 e. The molecule has 1 aromatic heterocycles. The lowest BCUT2D eigenvalue weighted by Crippen LogP contribution is -2.10. The van der Waals surface area contributed by atoms with Crippen LogP contribution in [-0.2, 0) is 6.42 Å². The fraction of sp³-hybridized carbons (Fsp3) is 0.214. The van der Waals surface area contributed by atoms with Gasteiger partial charge in [-0.25, -0.2) is 9.97 Å². The van der Waals surface area contributed by atoms with E-state index in [1.54, 1.807) is 6.20 Å². The highest BCUT2D eigenvalue weighted by atomic mass is 79.9. The summed E-state index contributed by atoms with van der Waals surface area (Å²) in [6.45, 7) is 0. The van der Waals surface area contributed by atoms with Crippen LogP contribution in [0, 0.1) is 11.3 Å². The average molecular weight is 315 g/mol. The van der Waals surface area contributed by atoms with Crippen LogP contribution in [-0.4, -0.2) is 9.97 Å². The molecular weight excluding hydrogens is 304 g/mol. The third kappa shape index (κ3) is 2.20. The molecule has 5 heteroatoms. The van der Waals surface area contributed by atoms with Crippen molar-refractivity contribution in [3.63, 3.8) is 0 Å². The molecule has 0 spiro atoms. The van der Waals surface area contributed by atoms with E-state index in [-0.39, 0.29) is 6.04 Å². The minimum Gasteiger partial charge on any atom is -0.361 e. The number of aromatic nitrogens is 2. The van der Waals surface area contributed by atoms with Gasteiger partial charge in [0.1, 0.15) is 6.07 Å². The van der Waals surface area contributed by atoms with Crippen LogP contribution >= 0.6 is 15.9 Å². The number of halogens is 1. The Kier molecular flexibility index (Phi) is 3.18. The maximum atomic E-state index is 9.03. The van der Waals surface area contributed by atoms with E-state index in [4.69, 9.17) is 5.26 Å². The highest BCUT2D eigenvalue weighted by Gasteiger charge is 2.24. The van der Waals surface area contributed by atoms with Crippen molar-refractivity contribution in [3.05, 3.63) is 51.9 Å². The highest BCUT2D eigenvalue weighted by Crippen LogP contribution is 2.37. The molecule has 1 heterocycles. The first-order valence-corrected chi connectivity index (χ1v) is 6.84. The maximum Gasteiger partial charge on any atom is 0.182 e. The van der Waals surface area contributed by atoms with E-state index in [0.717, 1.165) is 17.3 Å². The third-order valence-corrected chi connectivity index (χ3v) is 4.07. The fourth-order valence-corrected chi connectivity index (χ4v) is 3.03. The molecule has 0 aliphatic heterocycles. The van der Waals surface area contributed by atoms with Gasteiger partial charge in [0.2, 0.25) is 0 Å². The summed E-state index contributed by atoms with van der Waals surface area (Å²) < 4.78 is 1.15. The number of fused-ring (bicyclic) bond motifs is 1. The van der Waals surface area contributed by atoms with Crippen LogP contribution in [0.5, 0.6) is 0 Å². The molecule has 1 unspecified atom stereocenters. The summed E-state index contributed by atoms with van der Waals surface area (Å²) in [5.74, 6) is 0.558. The first-order chi connectivity index (χ1) is 9.29. The van der Waals surface area contributed by atoms with Gasteiger partial charge in [0.15, 0.2) is 11.5 Å². The van der Waals surface area contributed by atoms with Gasteiger partial charge in [0.25, 0.3) is 0 Å². The molecule has 1 aliphatic rings. The molecule has 1 aromatic carbocycles. The van der Waals surface area contributed by atoms with Crippen molar-refractivity contribution in [1.29, 1.82) is 5.26 Å². The molecule has 0 saturated heterocycles. The molecule has 0 amide bonds. The minimum absolute atomic E-state index is 0.191. The van der Waals surface area contributed by atoms with Gasteiger partial charge < -0.3 is 5.32 Å². The summed E-state index contributed by atoms with van der Waals surface area (Å²) in [5, 5.41) is 12.4.